The summed E-state index contributed by atoms with van der Waals surface area (Å²) in [5.41, 5.74) is 2.28. The number of carbonyl (C=O) groups excluding carboxylic acids is 2. The molecule has 6 heteroatoms. The molecule has 2 atom stereocenters. The van der Waals surface area contributed by atoms with Gasteiger partial charge in [0.1, 0.15) is 5.75 Å². The number of nitrogens with one attached hydrogen (secondary N) is 1. The zero-order valence-electron chi connectivity index (χ0n) is 18.9. The molecular formula is C25H33N3O3. The molecule has 166 valence electrons. The van der Waals surface area contributed by atoms with Gasteiger partial charge in [0.15, 0.2) is 0 Å². The topological polar surface area (TPSA) is 61.9 Å². The van der Waals surface area contributed by atoms with Crippen molar-refractivity contribution in [1.82, 2.24) is 15.1 Å². The molecule has 0 bridgehead atoms. The number of amides is 2. The Morgan fingerprint density at radius 2 is 1.87 bits per heavy atom. The summed E-state index contributed by atoms with van der Waals surface area (Å²) in [7, 11) is 5.57. The lowest BCUT2D eigenvalue weighted by Crippen LogP contribution is -2.41. The van der Waals surface area contributed by atoms with E-state index in [-0.39, 0.29) is 17.9 Å². The number of methoxy groups -OCH3 is 1. The lowest BCUT2D eigenvalue weighted by molar-refractivity contribution is 0.0802. The predicted molar refractivity (Wildman–Crippen MR) is 122 cm³/mol. The highest BCUT2D eigenvalue weighted by Crippen LogP contribution is 2.35. The lowest BCUT2D eigenvalue weighted by atomic mass is 9.85. The molecule has 1 fully saturated rings. The average Bonchev–Trinajstić information content (AvgIpc) is 2.81. The highest BCUT2D eigenvalue weighted by molar-refractivity contribution is 5.99. The van der Waals surface area contributed by atoms with Crippen molar-refractivity contribution in [3.05, 3.63) is 65.2 Å². The van der Waals surface area contributed by atoms with Crippen LogP contribution in [0.5, 0.6) is 5.75 Å². The van der Waals surface area contributed by atoms with Crippen LogP contribution in [-0.2, 0) is 0 Å². The minimum Gasteiger partial charge on any atom is -0.497 e. The van der Waals surface area contributed by atoms with E-state index in [1.807, 2.05) is 19.1 Å². The second-order valence-electron chi connectivity index (χ2n) is 8.21. The fraction of sp³-hybridized carbons (Fsp3) is 0.440. The summed E-state index contributed by atoms with van der Waals surface area (Å²) in [5.74, 6) is 0.934. The molecule has 6 nitrogen and oxygen atoms in total. The van der Waals surface area contributed by atoms with E-state index in [1.165, 1.54) is 5.56 Å². The van der Waals surface area contributed by atoms with Crippen LogP contribution < -0.4 is 10.1 Å². The molecule has 2 amide bonds. The molecule has 0 spiro atoms. The van der Waals surface area contributed by atoms with E-state index in [4.69, 9.17) is 4.74 Å². The number of benzene rings is 2. The van der Waals surface area contributed by atoms with Gasteiger partial charge in [-0.1, -0.05) is 18.2 Å². The van der Waals surface area contributed by atoms with E-state index in [2.05, 4.69) is 29.4 Å². The smallest absolute Gasteiger partial charge is 0.253 e. The minimum atomic E-state index is -0.143. The molecular weight excluding hydrogens is 390 g/mol. The minimum absolute atomic E-state index is 0.0781. The summed E-state index contributed by atoms with van der Waals surface area (Å²) in [6.07, 6.45) is 2.16. The van der Waals surface area contributed by atoms with Crippen LogP contribution in [0, 0.1) is 5.92 Å². The van der Waals surface area contributed by atoms with E-state index in [1.54, 1.807) is 43.3 Å². The molecule has 31 heavy (non-hydrogen) atoms. The zero-order valence-corrected chi connectivity index (χ0v) is 18.9. The molecule has 0 saturated carbocycles. The Balaban J connectivity index is 1.69. The molecule has 0 aliphatic carbocycles. The van der Waals surface area contributed by atoms with Crippen molar-refractivity contribution >= 4 is 11.8 Å². The molecule has 3 rings (SSSR count). The van der Waals surface area contributed by atoms with Crippen LogP contribution in [0.15, 0.2) is 48.5 Å². The maximum Gasteiger partial charge on any atom is 0.253 e. The number of hydrogen-bond acceptors (Lipinski definition) is 4. The van der Waals surface area contributed by atoms with Gasteiger partial charge in [-0.2, -0.15) is 0 Å². The Hall–Kier alpha value is -2.86. The van der Waals surface area contributed by atoms with Gasteiger partial charge in [0.05, 0.1) is 7.11 Å². The summed E-state index contributed by atoms with van der Waals surface area (Å²) in [5, 5.41) is 3.11. The maximum atomic E-state index is 12.8. The third-order valence-electron chi connectivity index (χ3n) is 6.18. The third-order valence-corrected chi connectivity index (χ3v) is 6.18. The molecule has 1 N–H and O–H groups in total. The number of rotatable bonds is 7. The van der Waals surface area contributed by atoms with Crippen LogP contribution in [0.2, 0.25) is 0 Å². The third kappa shape index (κ3) is 5.44. The second-order valence-corrected chi connectivity index (χ2v) is 8.21. The number of nitrogens with zero attached hydrogens (tertiary/aromatic N) is 2. The summed E-state index contributed by atoms with van der Waals surface area (Å²) >= 11 is 0. The average molecular weight is 424 g/mol. The fourth-order valence-electron chi connectivity index (χ4n) is 4.28. The van der Waals surface area contributed by atoms with Crippen LogP contribution in [-0.4, -0.2) is 62.5 Å². The molecule has 1 heterocycles. The highest BCUT2D eigenvalue weighted by atomic mass is 16.5. The van der Waals surface area contributed by atoms with Crippen molar-refractivity contribution in [1.29, 1.82) is 0 Å². The van der Waals surface area contributed by atoms with Gasteiger partial charge in [0, 0.05) is 37.3 Å². The first-order valence-electron chi connectivity index (χ1n) is 10.9. The van der Waals surface area contributed by atoms with Gasteiger partial charge in [-0.15, -0.1) is 0 Å². The Bertz CT molecular complexity index is 897. The van der Waals surface area contributed by atoms with E-state index in [0.29, 0.717) is 30.1 Å². The van der Waals surface area contributed by atoms with Crippen molar-refractivity contribution < 1.29 is 14.3 Å². The summed E-state index contributed by atoms with van der Waals surface area (Å²) in [4.78, 5) is 29.3. The molecule has 2 aromatic carbocycles. The van der Waals surface area contributed by atoms with Gasteiger partial charge >= 0.3 is 0 Å². The number of piperidine rings is 1. The first-order valence-corrected chi connectivity index (χ1v) is 10.9. The molecule has 2 aromatic rings. The SMILES string of the molecule is CCN(C)C(=O)c1cccc(C(=O)NCC2CCCN(C)C2c2ccc(OC)cc2)c1. The molecule has 1 aliphatic rings. The zero-order chi connectivity index (χ0) is 22.4. The summed E-state index contributed by atoms with van der Waals surface area (Å²) < 4.78 is 5.29. The lowest BCUT2D eigenvalue weighted by Gasteiger charge is -2.39. The summed E-state index contributed by atoms with van der Waals surface area (Å²) in [6.45, 7) is 4.18. The molecule has 0 aromatic heterocycles. The van der Waals surface area contributed by atoms with E-state index < -0.39 is 0 Å². The molecule has 2 unspecified atom stereocenters. The van der Waals surface area contributed by atoms with Crippen LogP contribution in [0.1, 0.15) is 52.1 Å². The number of likely N-dealkylation sites (tertiary alicyclic amines) is 1. The van der Waals surface area contributed by atoms with Crippen molar-refractivity contribution in [3.63, 3.8) is 0 Å². The van der Waals surface area contributed by atoms with Gasteiger partial charge in [-0.05, 0) is 75.2 Å². The first-order chi connectivity index (χ1) is 14.9. The van der Waals surface area contributed by atoms with Crippen LogP contribution in [0.3, 0.4) is 0 Å². The van der Waals surface area contributed by atoms with Crippen LogP contribution >= 0.6 is 0 Å². The van der Waals surface area contributed by atoms with Gasteiger partial charge in [0.25, 0.3) is 11.8 Å². The van der Waals surface area contributed by atoms with Gasteiger partial charge in [0.2, 0.25) is 0 Å². The van der Waals surface area contributed by atoms with Crippen LogP contribution in [0.4, 0.5) is 0 Å². The van der Waals surface area contributed by atoms with Gasteiger partial charge < -0.3 is 15.0 Å². The predicted octanol–water partition coefficient (Wildman–Crippen LogP) is 3.60. The molecule has 1 aliphatic heterocycles. The van der Waals surface area contributed by atoms with E-state index >= 15 is 0 Å². The maximum absolute atomic E-state index is 12.8. The monoisotopic (exact) mass is 423 g/mol. The second kappa shape index (κ2) is 10.4. The van der Waals surface area contributed by atoms with Gasteiger partial charge in [-0.25, -0.2) is 0 Å². The van der Waals surface area contributed by atoms with Crippen molar-refractivity contribution in [2.75, 3.05) is 40.8 Å². The normalized spacial score (nSPS) is 19.0. The summed E-state index contributed by atoms with van der Waals surface area (Å²) in [6, 6.07) is 15.4. The number of carbonyl (C=O) groups is 2. The Labute approximate surface area is 185 Å². The Morgan fingerprint density at radius 3 is 2.55 bits per heavy atom. The first kappa shape index (κ1) is 22.8. The van der Waals surface area contributed by atoms with Crippen LogP contribution in [0.25, 0.3) is 0 Å². The van der Waals surface area contributed by atoms with Gasteiger partial charge in [-0.3, -0.25) is 14.5 Å². The Kier molecular flexibility index (Phi) is 7.69. The van der Waals surface area contributed by atoms with E-state index in [0.717, 1.165) is 25.1 Å². The Morgan fingerprint density at radius 1 is 1.16 bits per heavy atom. The number of ether oxygens (including phenoxy) is 1. The number of hydrogen-bond donors (Lipinski definition) is 1. The highest BCUT2D eigenvalue weighted by Gasteiger charge is 2.30. The van der Waals surface area contributed by atoms with Crippen molar-refractivity contribution in [2.45, 2.75) is 25.8 Å². The largest absolute Gasteiger partial charge is 0.497 e. The fourth-order valence-corrected chi connectivity index (χ4v) is 4.28. The molecule has 0 radical (unpaired) electrons. The standard InChI is InChI=1S/C25H33N3O3/c1-5-27(2)25(30)20-9-6-8-19(16-20)24(29)26-17-21-10-7-15-28(3)23(21)18-11-13-22(31-4)14-12-18/h6,8-9,11-14,16,21,23H,5,7,10,15,17H2,1-4H3,(H,26,29). The van der Waals surface area contributed by atoms with Crippen molar-refractivity contribution in [3.8, 4) is 5.75 Å². The molecule has 1 saturated heterocycles. The quantitative estimate of drug-likeness (QED) is 0.739. The van der Waals surface area contributed by atoms with E-state index in [9.17, 15) is 9.59 Å². The van der Waals surface area contributed by atoms with Crippen molar-refractivity contribution in [2.24, 2.45) is 5.92 Å².